The van der Waals surface area contributed by atoms with Gasteiger partial charge in [-0.15, -0.1) is 0 Å². The molecule has 0 unspecified atom stereocenters. The lowest BCUT2D eigenvalue weighted by Gasteiger charge is -2.13. The predicted molar refractivity (Wildman–Crippen MR) is 98.8 cm³/mol. The van der Waals surface area contributed by atoms with Gasteiger partial charge in [-0.25, -0.2) is 4.98 Å². The summed E-state index contributed by atoms with van der Waals surface area (Å²) in [5.74, 6) is 1.29. The van der Waals surface area contributed by atoms with E-state index in [-0.39, 0.29) is 6.04 Å². The summed E-state index contributed by atoms with van der Waals surface area (Å²) in [6, 6.07) is 13.5. The van der Waals surface area contributed by atoms with Crippen LogP contribution in [0.2, 0.25) is 5.02 Å². The number of aromatic nitrogens is 3. The number of benzene rings is 1. The zero-order chi connectivity index (χ0) is 16.9. The van der Waals surface area contributed by atoms with Gasteiger partial charge in [-0.1, -0.05) is 11.6 Å². The monoisotopic (exact) mass is 339 g/mol. The Bertz CT molecular complexity index is 803. The van der Waals surface area contributed by atoms with Crippen LogP contribution in [0.5, 0.6) is 0 Å². The fourth-order valence-electron chi connectivity index (χ4n) is 2.19. The Labute approximate surface area is 146 Å². The molecule has 5 nitrogen and oxygen atoms in total. The average Bonchev–Trinajstić information content (AvgIpc) is 2.57. The van der Waals surface area contributed by atoms with Gasteiger partial charge < -0.3 is 10.6 Å². The lowest BCUT2D eigenvalue weighted by atomic mass is 10.2. The van der Waals surface area contributed by atoms with Gasteiger partial charge in [0.05, 0.1) is 5.69 Å². The summed E-state index contributed by atoms with van der Waals surface area (Å²) in [6.45, 7) is 4.10. The molecule has 24 heavy (non-hydrogen) atoms. The Morgan fingerprint density at radius 1 is 0.958 bits per heavy atom. The van der Waals surface area contributed by atoms with Crippen LogP contribution in [0.3, 0.4) is 0 Å². The SMILES string of the molecule is CC(C)Nc1nc(Nc2ccc(Cl)cc2)cc(-c2ccncc2)n1. The second-order valence-electron chi connectivity index (χ2n) is 5.63. The highest BCUT2D eigenvalue weighted by Crippen LogP contribution is 2.24. The van der Waals surface area contributed by atoms with E-state index in [4.69, 9.17) is 11.6 Å². The van der Waals surface area contributed by atoms with E-state index < -0.39 is 0 Å². The van der Waals surface area contributed by atoms with E-state index in [9.17, 15) is 0 Å². The van der Waals surface area contributed by atoms with E-state index in [1.807, 2.05) is 42.5 Å². The molecule has 2 N–H and O–H groups in total. The number of hydrogen-bond donors (Lipinski definition) is 2. The van der Waals surface area contributed by atoms with E-state index in [2.05, 4.69) is 39.4 Å². The molecular formula is C18H18ClN5. The topological polar surface area (TPSA) is 62.7 Å². The Balaban J connectivity index is 1.96. The fourth-order valence-corrected chi connectivity index (χ4v) is 2.31. The van der Waals surface area contributed by atoms with Crippen LogP contribution in [0.1, 0.15) is 13.8 Å². The van der Waals surface area contributed by atoms with Gasteiger partial charge in [-0.2, -0.15) is 4.98 Å². The summed E-state index contributed by atoms with van der Waals surface area (Å²) >= 11 is 5.93. The molecule has 0 aliphatic carbocycles. The average molecular weight is 340 g/mol. The molecule has 0 fully saturated rings. The standard InChI is InChI=1S/C18H18ClN5/c1-12(2)21-18-23-16(13-7-9-20-10-8-13)11-17(24-18)22-15-5-3-14(19)4-6-15/h3-12H,1-2H3,(H2,21,22,23,24). The van der Waals surface area contributed by atoms with E-state index in [0.29, 0.717) is 16.8 Å². The number of pyridine rings is 1. The second-order valence-corrected chi connectivity index (χ2v) is 6.07. The number of hydrogen-bond acceptors (Lipinski definition) is 5. The van der Waals surface area contributed by atoms with Crippen LogP contribution in [-0.2, 0) is 0 Å². The molecule has 0 atom stereocenters. The molecule has 0 amide bonds. The molecule has 0 saturated carbocycles. The summed E-state index contributed by atoms with van der Waals surface area (Å²) < 4.78 is 0. The smallest absolute Gasteiger partial charge is 0.225 e. The van der Waals surface area contributed by atoms with Gasteiger partial charge in [0.1, 0.15) is 5.82 Å². The maximum atomic E-state index is 5.93. The molecule has 0 radical (unpaired) electrons. The molecule has 1 aromatic carbocycles. The van der Waals surface area contributed by atoms with Crippen LogP contribution in [0, 0.1) is 0 Å². The lowest BCUT2D eigenvalue weighted by molar-refractivity contribution is 0.876. The van der Waals surface area contributed by atoms with Crippen molar-refractivity contribution >= 4 is 29.1 Å². The van der Waals surface area contributed by atoms with Crippen LogP contribution < -0.4 is 10.6 Å². The predicted octanol–water partition coefficient (Wildman–Crippen LogP) is 4.76. The molecule has 122 valence electrons. The third-order valence-corrected chi connectivity index (χ3v) is 3.49. The first-order valence-corrected chi connectivity index (χ1v) is 8.06. The van der Waals surface area contributed by atoms with E-state index in [0.717, 1.165) is 16.9 Å². The Hall–Kier alpha value is -2.66. The molecule has 2 aromatic heterocycles. The lowest BCUT2D eigenvalue weighted by Crippen LogP contribution is -2.13. The van der Waals surface area contributed by atoms with Gasteiger partial charge >= 0.3 is 0 Å². The van der Waals surface area contributed by atoms with Crippen molar-refractivity contribution in [3.05, 3.63) is 59.9 Å². The minimum atomic E-state index is 0.237. The maximum Gasteiger partial charge on any atom is 0.225 e. The van der Waals surface area contributed by atoms with E-state index in [1.54, 1.807) is 12.4 Å². The zero-order valence-corrected chi connectivity index (χ0v) is 14.2. The van der Waals surface area contributed by atoms with Crippen LogP contribution >= 0.6 is 11.6 Å². The first-order chi connectivity index (χ1) is 11.6. The molecule has 0 aliphatic heterocycles. The van der Waals surface area contributed by atoms with E-state index in [1.165, 1.54) is 0 Å². The molecule has 2 heterocycles. The fraction of sp³-hybridized carbons (Fsp3) is 0.167. The summed E-state index contributed by atoms with van der Waals surface area (Å²) in [6.07, 6.45) is 3.50. The number of nitrogens with one attached hydrogen (secondary N) is 2. The van der Waals surface area contributed by atoms with Gasteiger partial charge in [0.15, 0.2) is 0 Å². The highest BCUT2D eigenvalue weighted by molar-refractivity contribution is 6.30. The molecule has 0 spiro atoms. The van der Waals surface area contributed by atoms with Crippen molar-refractivity contribution in [2.24, 2.45) is 0 Å². The van der Waals surface area contributed by atoms with Gasteiger partial charge in [0, 0.05) is 40.8 Å². The minimum absolute atomic E-state index is 0.237. The van der Waals surface area contributed by atoms with Gasteiger partial charge in [0.2, 0.25) is 5.95 Å². The maximum absolute atomic E-state index is 5.93. The number of rotatable bonds is 5. The number of nitrogens with zero attached hydrogens (tertiary/aromatic N) is 3. The van der Waals surface area contributed by atoms with Crippen LogP contribution in [0.15, 0.2) is 54.9 Å². The van der Waals surface area contributed by atoms with Crippen molar-refractivity contribution in [3.63, 3.8) is 0 Å². The Morgan fingerprint density at radius 2 is 1.67 bits per heavy atom. The van der Waals surface area contributed by atoms with Gasteiger partial charge in [-0.05, 0) is 50.2 Å². The first-order valence-electron chi connectivity index (χ1n) is 7.69. The summed E-state index contributed by atoms with van der Waals surface area (Å²) in [5, 5.41) is 7.24. The third-order valence-electron chi connectivity index (χ3n) is 3.24. The molecule has 0 bridgehead atoms. The normalized spacial score (nSPS) is 10.7. The van der Waals surface area contributed by atoms with Crippen molar-refractivity contribution in [3.8, 4) is 11.3 Å². The van der Waals surface area contributed by atoms with Crippen molar-refractivity contribution in [1.29, 1.82) is 0 Å². The third kappa shape index (κ3) is 4.20. The first kappa shape index (κ1) is 16.2. The van der Waals surface area contributed by atoms with Gasteiger partial charge in [0.25, 0.3) is 0 Å². The van der Waals surface area contributed by atoms with Gasteiger partial charge in [-0.3, -0.25) is 4.98 Å². The number of anilines is 3. The van der Waals surface area contributed by atoms with Crippen molar-refractivity contribution in [2.45, 2.75) is 19.9 Å². The minimum Gasteiger partial charge on any atom is -0.352 e. The van der Waals surface area contributed by atoms with Crippen LogP contribution in [0.25, 0.3) is 11.3 Å². The van der Waals surface area contributed by atoms with E-state index >= 15 is 0 Å². The van der Waals surface area contributed by atoms with Crippen molar-refractivity contribution < 1.29 is 0 Å². The largest absolute Gasteiger partial charge is 0.352 e. The highest BCUT2D eigenvalue weighted by atomic mass is 35.5. The Kier molecular flexibility index (Phi) is 4.91. The molecule has 3 aromatic rings. The quantitative estimate of drug-likeness (QED) is 0.702. The molecular weight excluding hydrogens is 322 g/mol. The van der Waals surface area contributed by atoms with Crippen LogP contribution in [-0.4, -0.2) is 21.0 Å². The molecule has 6 heteroatoms. The second kappa shape index (κ2) is 7.27. The zero-order valence-electron chi connectivity index (χ0n) is 13.5. The Morgan fingerprint density at radius 3 is 2.33 bits per heavy atom. The number of halogens is 1. The summed E-state index contributed by atoms with van der Waals surface area (Å²) in [7, 11) is 0. The molecule has 0 aliphatic rings. The summed E-state index contributed by atoms with van der Waals surface area (Å²) in [4.78, 5) is 13.2. The summed E-state index contributed by atoms with van der Waals surface area (Å²) in [5.41, 5.74) is 2.72. The molecule has 0 saturated heterocycles. The van der Waals surface area contributed by atoms with Crippen molar-refractivity contribution in [1.82, 2.24) is 15.0 Å². The molecule has 3 rings (SSSR count). The van der Waals surface area contributed by atoms with Crippen molar-refractivity contribution in [2.75, 3.05) is 10.6 Å². The van der Waals surface area contributed by atoms with Crippen LogP contribution in [0.4, 0.5) is 17.5 Å². The highest BCUT2D eigenvalue weighted by Gasteiger charge is 2.08.